The Morgan fingerprint density at radius 2 is 0.866 bits per heavy atom. The van der Waals surface area contributed by atoms with Gasteiger partial charge < -0.3 is 4.90 Å². The van der Waals surface area contributed by atoms with Crippen molar-refractivity contribution in [1.82, 2.24) is 4.98 Å². The van der Waals surface area contributed by atoms with Crippen LogP contribution >= 0.6 is 0 Å². The van der Waals surface area contributed by atoms with E-state index in [4.69, 9.17) is 4.98 Å². The highest BCUT2D eigenvalue weighted by atomic mass is 15.1. The highest BCUT2D eigenvalue weighted by Gasteiger charge is 2.46. The van der Waals surface area contributed by atoms with Crippen LogP contribution in [0.1, 0.15) is 47.2 Å². The summed E-state index contributed by atoms with van der Waals surface area (Å²) in [6.45, 7) is 4.73. The lowest BCUT2D eigenvalue weighted by Crippen LogP contribution is -2.28. The maximum atomic E-state index is 5.28. The summed E-state index contributed by atoms with van der Waals surface area (Å²) in [5.74, 6) is 0. The van der Waals surface area contributed by atoms with Gasteiger partial charge in [0, 0.05) is 33.4 Å². The molecule has 1 heterocycles. The number of anilines is 3. The molecule has 11 aromatic rings. The SMILES string of the molecule is CC1(C)c2ccccc2-c2ccc(N(c3ccc(-c4cc(-c5ccc6ccccc6c5)c5ccccc5n4)cc3)c3ccc4c(c3)C(c3ccccc3)(c3ccccc3)c3ccccc3-4)cc21. The van der Waals surface area contributed by atoms with Gasteiger partial charge in [-0.05, 0) is 132 Å². The smallest absolute Gasteiger partial charge is 0.0715 e. The second kappa shape index (κ2) is 15.1. The van der Waals surface area contributed by atoms with Gasteiger partial charge in [0.15, 0.2) is 0 Å². The summed E-state index contributed by atoms with van der Waals surface area (Å²) in [5.41, 5.74) is 20.9. The number of aromatic nitrogens is 1. The second-order valence-corrected chi connectivity index (χ2v) is 18.7. The third-order valence-electron chi connectivity index (χ3n) is 14.7. The van der Waals surface area contributed by atoms with Crippen molar-refractivity contribution < 1.29 is 0 Å². The van der Waals surface area contributed by atoms with Crippen molar-refractivity contribution in [2.45, 2.75) is 24.7 Å². The molecule has 0 radical (unpaired) electrons. The number of fused-ring (bicyclic) bond motifs is 8. The highest BCUT2D eigenvalue weighted by molar-refractivity contribution is 5.99. The monoisotopic (exact) mass is 854 g/mol. The number of pyridine rings is 1. The molecule has 0 spiro atoms. The molecule has 10 aromatic carbocycles. The van der Waals surface area contributed by atoms with Gasteiger partial charge in [0.05, 0.1) is 16.6 Å². The normalized spacial score (nSPS) is 13.8. The van der Waals surface area contributed by atoms with E-state index in [0.29, 0.717) is 0 Å². The van der Waals surface area contributed by atoms with Crippen LogP contribution in [-0.4, -0.2) is 4.98 Å². The Bertz CT molecular complexity index is 3680. The quantitative estimate of drug-likeness (QED) is 0.159. The number of hydrogen-bond acceptors (Lipinski definition) is 2. The Morgan fingerprint density at radius 3 is 1.58 bits per heavy atom. The van der Waals surface area contributed by atoms with Crippen LogP contribution in [0.25, 0.3) is 66.3 Å². The van der Waals surface area contributed by atoms with Crippen molar-refractivity contribution in [2.24, 2.45) is 0 Å². The van der Waals surface area contributed by atoms with Crippen molar-refractivity contribution in [3.8, 4) is 44.6 Å². The summed E-state index contributed by atoms with van der Waals surface area (Å²) < 4.78 is 0. The van der Waals surface area contributed by atoms with Gasteiger partial charge in [-0.2, -0.15) is 0 Å². The van der Waals surface area contributed by atoms with Gasteiger partial charge in [-0.25, -0.2) is 4.98 Å². The van der Waals surface area contributed by atoms with Crippen molar-refractivity contribution in [3.63, 3.8) is 0 Å². The first-order valence-electron chi connectivity index (χ1n) is 23.4. The molecular weight excluding hydrogens is 809 g/mol. The molecule has 2 nitrogen and oxygen atoms in total. The molecule has 13 rings (SSSR count). The number of hydrogen-bond donors (Lipinski definition) is 0. The molecule has 0 aliphatic heterocycles. The van der Waals surface area contributed by atoms with E-state index in [1.54, 1.807) is 0 Å². The minimum absolute atomic E-state index is 0.155. The molecule has 0 atom stereocenters. The topological polar surface area (TPSA) is 16.1 Å². The molecule has 0 unspecified atom stereocenters. The molecular formula is C65H46N2. The van der Waals surface area contributed by atoms with E-state index < -0.39 is 5.41 Å². The largest absolute Gasteiger partial charge is 0.310 e. The first kappa shape index (κ1) is 39.1. The van der Waals surface area contributed by atoms with E-state index in [2.05, 4.69) is 261 Å². The predicted molar refractivity (Wildman–Crippen MR) is 280 cm³/mol. The Hall–Kier alpha value is -8.33. The third-order valence-corrected chi connectivity index (χ3v) is 14.7. The van der Waals surface area contributed by atoms with E-state index in [-0.39, 0.29) is 5.41 Å². The molecule has 0 bridgehead atoms. The molecule has 0 saturated heterocycles. The summed E-state index contributed by atoms with van der Waals surface area (Å²) in [6, 6.07) is 89.5. The number of rotatable bonds is 7. The van der Waals surface area contributed by atoms with Crippen LogP contribution in [0.5, 0.6) is 0 Å². The highest BCUT2D eigenvalue weighted by Crippen LogP contribution is 2.58. The maximum Gasteiger partial charge on any atom is 0.0715 e. The van der Waals surface area contributed by atoms with Gasteiger partial charge in [0.2, 0.25) is 0 Å². The summed E-state index contributed by atoms with van der Waals surface area (Å²) in [6.07, 6.45) is 0. The van der Waals surface area contributed by atoms with Crippen molar-refractivity contribution in [1.29, 1.82) is 0 Å². The van der Waals surface area contributed by atoms with Crippen LogP contribution in [0.4, 0.5) is 17.1 Å². The van der Waals surface area contributed by atoms with E-state index >= 15 is 0 Å². The van der Waals surface area contributed by atoms with E-state index in [9.17, 15) is 0 Å². The zero-order valence-corrected chi connectivity index (χ0v) is 37.5. The Balaban J connectivity index is 0.998. The van der Waals surface area contributed by atoms with E-state index in [0.717, 1.165) is 39.2 Å². The summed E-state index contributed by atoms with van der Waals surface area (Å²) in [4.78, 5) is 7.74. The van der Waals surface area contributed by atoms with Crippen LogP contribution in [0.2, 0.25) is 0 Å². The molecule has 0 saturated carbocycles. The third kappa shape index (κ3) is 5.99. The lowest BCUT2D eigenvalue weighted by Gasteiger charge is -2.35. The Morgan fingerprint density at radius 1 is 0.343 bits per heavy atom. The fourth-order valence-corrected chi connectivity index (χ4v) is 11.6. The van der Waals surface area contributed by atoms with Crippen molar-refractivity contribution in [2.75, 3.05) is 4.90 Å². The fraction of sp³-hybridized carbons (Fsp3) is 0.0615. The molecule has 1 aromatic heterocycles. The van der Waals surface area contributed by atoms with Crippen LogP contribution < -0.4 is 4.90 Å². The zero-order chi connectivity index (χ0) is 44.7. The van der Waals surface area contributed by atoms with E-state index in [1.807, 2.05) is 0 Å². The minimum Gasteiger partial charge on any atom is -0.310 e. The van der Waals surface area contributed by atoms with Gasteiger partial charge in [0.25, 0.3) is 0 Å². The van der Waals surface area contributed by atoms with Gasteiger partial charge in [-0.1, -0.05) is 202 Å². The van der Waals surface area contributed by atoms with Crippen LogP contribution in [0.15, 0.2) is 243 Å². The molecule has 2 aliphatic rings. The summed E-state index contributed by atoms with van der Waals surface area (Å²) in [7, 11) is 0. The standard InChI is InChI=1S/C65H46N2/c1-64(2)58-26-14-11-23-52(58)54-37-35-50(40-60(54)64)67(51-36-38-55-53-24-12-15-27-59(53)65(61(55)41-51,47-19-5-3-6-20-47)48-21-7-4-8-22-48)49-33-31-44(32-34-49)63-42-57(56-25-13-16-28-62(56)66-63)46-30-29-43-17-9-10-18-45(43)39-46/h3-42H,1-2H3. The first-order valence-corrected chi connectivity index (χ1v) is 23.4. The van der Waals surface area contributed by atoms with Crippen molar-refractivity contribution in [3.05, 3.63) is 276 Å². The lowest BCUT2D eigenvalue weighted by atomic mass is 9.67. The second-order valence-electron chi connectivity index (χ2n) is 18.7. The minimum atomic E-state index is -0.522. The van der Waals surface area contributed by atoms with Gasteiger partial charge in [0.1, 0.15) is 0 Å². The average molecular weight is 855 g/mol. The number of benzene rings is 10. The molecule has 0 amide bonds. The number of nitrogens with zero attached hydrogens (tertiary/aromatic N) is 2. The Labute approximate surface area is 392 Å². The first-order chi connectivity index (χ1) is 33.0. The Kier molecular flexibility index (Phi) is 8.82. The molecule has 0 N–H and O–H groups in total. The summed E-state index contributed by atoms with van der Waals surface area (Å²) >= 11 is 0. The van der Waals surface area contributed by atoms with Crippen LogP contribution in [-0.2, 0) is 10.8 Å². The maximum absolute atomic E-state index is 5.28. The molecule has 67 heavy (non-hydrogen) atoms. The molecule has 316 valence electrons. The zero-order valence-electron chi connectivity index (χ0n) is 37.5. The lowest BCUT2D eigenvalue weighted by molar-refractivity contribution is 0.660. The molecule has 0 fully saturated rings. The van der Waals surface area contributed by atoms with E-state index in [1.165, 1.54) is 77.5 Å². The average Bonchev–Trinajstić information content (AvgIpc) is 3.81. The van der Waals surface area contributed by atoms with Crippen LogP contribution in [0, 0.1) is 0 Å². The predicted octanol–water partition coefficient (Wildman–Crippen LogP) is 16.9. The van der Waals surface area contributed by atoms with Gasteiger partial charge in [-0.15, -0.1) is 0 Å². The fourth-order valence-electron chi connectivity index (χ4n) is 11.6. The van der Waals surface area contributed by atoms with Gasteiger partial charge in [-0.3, -0.25) is 0 Å². The molecule has 2 aliphatic carbocycles. The van der Waals surface area contributed by atoms with Crippen LogP contribution in [0.3, 0.4) is 0 Å². The number of para-hydroxylation sites is 1. The summed E-state index contributed by atoms with van der Waals surface area (Å²) in [5, 5.41) is 3.61. The molecule has 2 heteroatoms. The van der Waals surface area contributed by atoms with Crippen molar-refractivity contribution >= 4 is 38.7 Å². The van der Waals surface area contributed by atoms with Gasteiger partial charge >= 0.3 is 0 Å².